The van der Waals surface area contributed by atoms with Crippen LogP contribution in [-0.2, 0) is 4.74 Å². The van der Waals surface area contributed by atoms with E-state index >= 15 is 0 Å². The van der Waals surface area contributed by atoms with Crippen LogP contribution in [0.25, 0.3) is 22.4 Å². The van der Waals surface area contributed by atoms with Crippen molar-refractivity contribution in [2.45, 2.75) is 45.1 Å². The first kappa shape index (κ1) is 19.2. The standard InChI is InChI=1S/C22H31N5O/c1-16(2)27-20-8-5-4-7-18(20)21(25-27)22-23-15-19(24-22)17-9-12-26(13-10-17)11-6-14-28-3/h4-5,7-8,15-17H,6,9-14H2,1-3H3,(H,23,24). The fourth-order valence-corrected chi connectivity index (χ4v) is 4.22. The van der Waals surface area contributed by atoms with Gasteiger partial charge in [-0.1, -0.05) is 18.2 Å². The molecule has 6 heteroatoms. The summed E-state index contributed by atoms with van der Waals surface area (Å²) in [5, 5.41) is 6.03. The number of hydrogen-bond acceptors (Lipinski definition) is 4. The molecule has 0 bridgehead atoms. The van der Waals surface area contributed by atoms with E-state index in [0.29, 0.717) is 12.0 Å². The number of rotatable bonds is 7. The van der Waals surface area contributed by atoms with Gasteiger partial charge < -0.3 is 14.6 Å². The van der Waals surface area contributed by atoms with Crippen LogP contribution in [0.15, 0.2) is 30.5 Å². The fourth-order valence-electron chi connectivity index (χ4n) is 4.22. The highest BCUT2D eigenvalue weighted by Crippen LogP contribution is 2.31. The van der Waals surface area contributed by atoms with E-state index in [0.717, 1.165) is 55.1 Å². The van der Waals surface area contributed by atoms with Gasteiger partial charge in [0, 0.05) is 49.5 Å². The lowest BCUT2D eigenvalue weighted by Crippen LogP contribution is -2.34. The first-order chi connectivity index (χ1) is 13.7. The van der Waals surface area contributed by atoms with Crippen molar-refractivity contribution in [3.63, 3.8) is 0 Å². The van der Waals surface area contributed by atoms with E-state index in [1.807, 2.05) is 6.20 Å². The van der Waals surface area contributed by atoms with E-state index in [4.69, 9.17) is 14.8 Å². The van der Waals surface area contributed by atoms with Gasteiger partial charge in [0.25, 0.3) is 0 Å². The topological polar surface area (TPSA) is 59.0 Å². The lowest BCUT2D eigenvalue weighted by molar-refractivity contribution is 0.157. The Labute approximate surface area is 166 Å². The number of nitrogens with zero attached hydrogens (tertiary/aromatic N) is 4. The molecule has 4 rings (SSSR count). The van der Waals surface area contributed by atoms with Gasteiger partial charge in [0.1, 0.15) is 5.69 Å². The first-order valence-electron chi connectivity index (χ1n) is 10.4. The normalized spacial score (nSPS) is 16.4. The summed E-state index contributed by atoms with van der Waals surface area (Å²) < 4.78 is 7.26. The van der Waals surface area contributed by atoms with Crippen molar-refractivity contribution in [2.75, 3.05) is 33.4 Å². The summed E-state index contributed by atoms with van der Waals surface area (Å²) in [4.78, 5) is 10.8. The van der Waals surface area contributed by atoms with Gasteiger partial charge in [-0.3, -0.25) is 4.68 Å². The lowest BCUT2D eigenvalue weighted by atomic mass is 9.94. The van der Waals surface area contributed by atoms with Gasteiger partial charge in [-0.2, -0.15) is 5.10 Å². The SMILES string of the molecule is COCCCN1CCC(c2cnc(-c3nn(C(C)C)c4ccccc34)[nH]2)CC1. The zero-order chi connectivity index (χ0) is 19.5. The Kier molecular flexibility index (Phi) is 5.78. The summed E-state index contributed by atoms with van der Waals surface area (Å²) >= 11 is 0. The number of ether oxygens (including phenoxy) is 1. The van der Waals surface area contributed by atoms with Crippen molar-refractivity contribution < 1.29 is 4.74 Å². The first-order valence-corrected chi connectivity index (χ1v) is 10.4. The highest BCUT2D eigenvalue weighted by Gasteiger charge is 2.23. The number of piperidine rings is 1. The number of imidazole rings is 1. The molecule has 1 aliphatic rings. The van der Waals surface area contributed by atoms with Crippen LogP contribution in [0.5, 0.6) is 0 Å². The van der Waals surface area contributed by atoms with Gasteiger partial charge in [0.2, 0.25) is 0 Å². The van der Waals surface area contributed by atoms with Crippen LogP contribution in [0.3, 0.4) is 0 Å². The third-order valence-electron chi connectivity index (χ3n) is 5.77. The number of benzene rings is 1. The summed E-state index contributed by atoms with van der Waals surface area (Å²) in [7, 11) is 1.77. The number of fused-ring (bicyclic) bond motifs is 1. The molecule has 0 saturated carbocycles. The van der Waals surface area contributed by atoms with Gasteiger partial charge in [-0.05, 0) is 52.3 Å². The molecule has 0 spiro atoms. The van der Waals surface area contributed by atoms with Crippen LogP contribution in [-0.4, -0.2) is 58.0 Å². The second kappa shape index (κ2) is 8.45. The maximum Gasteiger partial charge on any atom is 0.158 e. The van der Waals surface area contributed by atoms with Crippen LogP contribution in [0.1, 0.15) is 50.8 Å². The quantitative estimate of drug-likeness (QED) is 0.623. The highest BCUT2D eigenvalue weighted by atomic mass is 16.5. The molecule has 1 aromatic carbocycles. The fraction of sp³-hybridized carbons (Fsp3) is 0.545. The van der Waals surface area contributed by atoms with E-state index in [-0.39, 0.29) is 0 Å². The monoisotopic (exact) mass is 381 g/mol. The minimum absolute atomic E-state index is 0.315. The van der Waals surface area contributed by atoms with Crippen molar-refractivity contribution in [1.82, 2.24) is 24.6 Å². The second-order valence-corrected chi connectivity index (χ2v) is 8.05. The molecule has 1 N–H and O–H groups in total. The molecule has 0 atom stereocenters. The molecule has 0 aliphatic carbocycles. The van der Waals surface area contributed by atoms with Crippen LogP contribution < -0.4 is 0 Å². The second-order valence-electron chi connectivity index (χ2n) is 8.05. The molecule has 2 aromatic heterocycles. The van der Waals surface area contributed by atoms with Crippen molar-refractivity contribution in [3.8, 4) is 11.5 Å². The molecule has 1 saturated heterocycles. The van der Waals surface area contributed by atoms with E-state index < -0.39 is 0 Å². The molecule has 3 heterocycles. The molecule has 3 aromatic rings. The molecule has 1 fully saturated rings. The third-order valence-corrected chi connectivity index (χ3v) is 5.77. The maximum absolute atomic E-state index is 5.17. The predicted molar refractivity (Wildman–Crippen MR) is 113 cm³/mol. The molecular weight excluding hydrogens is 350 g/mol. The summed E-state index contributed by atoms with van der Waals surface area (Å²) in [5.41, 5.74) is 3.36. The molecule has 6 nitrogen and oxygen atoms in total. The van der Waals surface area contributed by atoms with Crippen LogP contribution >= 0.6 is 0 Å². The van der Waals surface area contributed by atoms with E-state index in [2.05, 4.69) is 52.7 Å². The number of nitrogens with one attached hydrogen (secondary N) is 1. The Balaban J connectivity index is 1.49. The Bertz CT molecular complexity index is 905. The van der Waals surface area contributed by atoms with Crippen molar-refractivity contribution >= 4 is 10.9 Å². The summed E-state index contributed by atoms with van der Waals surface area (Å²) in [5.74, 6) is 1.44. The van der Waals surface area contributed by atoms with E-state index in [1.165, 1.54) is 18.5 Å². The van der Waals surface area contributed by atoms with Gasteiger partial charge in [0.15, 0.2) is 5.82 Å². The van der Waals surface area contributed by atoms with Crippen LogP contribution in [0.2, 0.25) is 0 Å². The summed E-state index contributed by atoms with van der Waals surface area (Å²) in [6.45, 7) is 8.60. The van der Waals surface area contributed by atoms with E-state index in [9.17, 15) is 0 Å². The average Bonchev–Trinajstić information content (AvgIpc) is 3.34. The predicted octanol–water partition coefficient (Wildman–Crippen LogP) is 4.22. The summed E-state index contributed by atoms with van der Waals surface area (Å²) in [6.07, 6.45) is 5.48. The Hall–Kier alpha value is -2.18. The van der Waals surface area contributed by atoms with Crippen molar-refractivity contribution in [1.29, 1.82) is 0 Å². The minimum atomic E-state index is 0.315. The Morgan fingerprint density at radius 2 is 2.00 bits per heavy atom. The molecule has 150 valence electrons. The largest absolute Gasteiger partial charge is 0.385 e. The van der Waals surface area contributed by atoms with E-state index in [1.54, 1.807) is 7.11 Å². The van der Waals surface area contributed by atoms with Gasteiger partial charge in [0.05, 0.1) is 5.52 Å². The number of aromatic amines is 1. The molecule has 0 radical (unpaired) electrons. The zero-order valence-corrected chi connectivity index (χ0v) is 17.2. The molecular formula is C22H31N5O. The third kappa shape index (κ3) is 3.84. The Morgan fingerprint density at radius 1 is 1.21 bits per heavy atom. The minimum Gasteiger partial charge on any atom is -0.385 e. The number of para-hydroxylation sites is 1. The molecule has 28 heavy (non-hydrogen) atoms. The summed E-state index contributed by atoms with van der Waals surface area (Å²) in [6, 6.07) is 8.73. The number of H-pyrrole nitrogens is 1. The van der Waals surface area contributed by atoms with Crippen molar-refractivity contribution in [3.05, 3.63) is 36.2 Å². The van der Waals surface area contributed by atoms with Gasteiger partial charge in [-0.15, -0.1) is 0 Å². The number of methoxy groups -OCH3 is 1. The van der Waals surface area contributed by atoms with Gasteiger partial charge >= 0.3 is 0 Å². The van der Waals surface area contributed by atoms with Crippen LogP contribution in [0.4, 0.5) is 0 Å². The molecule has 0 amide bonds. The van der Waals surface area contributed by atoms with Crippen LogP contribution in [0, 0.1) is 0 Å². The number of hydrogen-bond donors (Lipinski definition) is 1. The number of aromatic nitrogens is 4. The van der Waals surface area contributed by atoms with Gasteiger partial charge in [-0.25, -0.2) is 4.98 Å². The lowest BCUT2D eigenvalue weighted by Gasteiger charge is -2.31. The maximum atomic E-state index is 5.17. The zero-order valence-electron chi connectivity index (χ0n) is 17.2. The average molecular weight is 382 g/mol. The smallest absolute Gasteiger partial charge is 0.158 e. The molecule has 0 unspecified atom stereocenters. The van der Waals surface area contributed by atoms with Crippen molar-refractivity contribution in [2.24, 2.45) is 0 Å². The Morgan fingerprint density at radius 3 is 2.75 bits per heavy atom. The highest BCUT2D eigenvalue weighted by molar-refractivity contribution is 5.91. The number of likely N-dealkylation sites (tertiary alicyclic amines) is 1. The molecule has 1 aliphatic heterocycles.